The predicted molar refractivity (Wildman–Crippen MR) is 418 cm³/mol. The number of allylic oxidation sites excluding steroid dienone is 22. The molecule has 5 unspecified atom stereocenters. The first kappa shape index (κ1) is 97.2. The van der Waals surface area contributed by atoms with E-state index >= 15 is 0 Å². The fourth-order valence-electron chi connectivity index (χ4n) is 10.2. The lowest BCUT2D eigenvalue weighted by Crippen LogP contribution is -2.30. The zero-order valence-corrected chi connectivity index (χ0v) is 65.5. The van der Waals surface area contributed by atoms with Crippen LogP contribution in [-0.4, -0.2) is 96.7 Å². The van der Waals surface area contributed by atoms with Crippen molar-refractivity contribution in [3.8, 4) is 0 Å². The molecule has 0 bridgehead atoms. The lowest BCUT2D eigenvalue weighted by Gasteiger charge is -2.21. The Morgan fingerprint density at radius 2 is 0.529 bits per heavy atom. The van der Waals surface area contributed by atoms with E-state index in [1.807, 2.05) is 0 Å². The molecule has 0 amide bonds. The number of phosphoric ester groups is 2. The minimum atomic E-state index is -4.99. The second-order valence-corrected chi connectivity index (χ2v) is 28.8. The topological polar surface area (TPSA) is 237 Å². The number of hydrogen-bond acceptors (Lipinski definition) is 15. The average molecular weight is 1470 g/mol. The van der Waals surface area contributed by atoms with Crippen molar-refractivity contribution in [1.29, 1.82) is 0 Å². The number of aliphatic hydroxyl groups is 1. The van der Waals surface area contributed by atoms with Gasteiger partial charge < -0.3 is 33.8 Å². The highest BCUT2D eigenvalue weighted by molar-refractivity contribution is 7.47. The first-order chi connectivity index (χ1) is 49.7. The minimum Gasteiger partial charge on any atom is -0.462 e. The van der Waals surface area contributed by atoms with Gasteiger partial charge in [0.25, 0.3) is 0 Å². The molecule has 0 heterocycles. The van der Waals surface area contributed by atoms with Crippen molar-refractivity contribution in [2.24, 2.45) is 0 Å². The van der Waals surface area contributed by atoms with Crippen LogP contribution in [-0.2, 0) is 65.4 Å². The Morgan fingerprint density at radius 1 is 0.284 bits per heavy atom. The Kier molecular flexibility index (Phi) is 71.0. The molecule has 17 nitrogen and oxygen atoms in total. The maximum atomic E-state index is 13.1. The Hall–Kier alpha value is -4.80. The summed E-state index contributed by atoms with van der Waals surface area (Å²) in [5.74, 6) is -2.24. The van der Waals surface area contributed by atoms with Gasteiger partial charge in [0.15, 0.2) is 12.2 Å². The van der Waals surface area contributed by atoms with E-state index < -0.39 is 97.5 Å². The molecule has 0 radical (unpaired) electrons. The third-order valence-corrected chi connectivity index (χ3v) is 18.0. The molecule has 5 atom stereocenters. The van der Waals surface area contributed by atoms with Gasteiger partial charge in [0.2, 0.25) is 0 Å². The van der Waals surface area contributed by atoms with Crippen LogP contribution < -0.4 is 0 Å². The van der Waals surface area contributed by atoms with E-state index in [9.17, 15) is 43.2 Å². The van der Waals surface area contributed by atoms with E-state index in [1.165, 1.54) is 38.5 Å². The van der Waals surface area contributed by atoms with Crippen molar-refractivity contribution >= 4 is 39.5 Å². The summed E-state index contributed by atoms with van der Waals surface area (Å²) >= 11 is 0. The molecule has 0 spiro atoms. The lowest BCUT2D eigenvalue weighted by atomic mass is 10.1. The van der Waals surface area contributed by atoms with Gasteiger partial charge in [0.1, 0.15) is 19.3 Å². The molecule has 0 aromatic carbocycles. The van der Waals surface area contributed by atoms with Gasteiger partial charge in [-0.25, -0.2) is 9.13 Å². The largest absolute Gasteiger partial charge is 0.472 e. The van der Waals surface area contributed by atoms with E-state index in [2.05, 4.69) is 161 Å². The molecular formula is C83H140O17P2. The first-order valence-corrected chi connectivity index (χ1v) is 42.4. The zero-order valence-electron chi connectivity index (χ0n) is 63.7. The highest BCUT2D eigenvalue weighted by atomic mass is 31.2. The molecule has 584 valence electrons. The number of rotatable bonds is 73. The molecule has 102 heavy (non-hydrogen) atoms. The Bertz CT molecular complexity index is 2460. The van der Waals surface area contributed by atoms with Crippen molar-refractivity contribution in [3.63, 3.8) is 0 Å². The van der Waals surface area contributed by atoms with Crippen molar-refractivity contribution in [2.75, 3.05) is 39.6 Å². The van der Waals surface area contributed by atoms with Crippen LogP contribution in [0, 0.1) is 0 Å². The van der Waals surface area contributed by atoms with Gasteiger partial charge in [-0.1, -0.05) is 283 Å². The summed E-state index contributed by atoms with van der Waals surface area (Å²) in [4.78, 5) is 72.9. The van der Waals surface area contributed by atoms with Crippen molar-refractivity contribution in [1.82, 2.24) is 0 Å². The van der Waals surface area contributed by atoms with Gasteiger partial charge in [-0.2, -0.15) is 0 Å². The normalized spacial score (nSPS) is 14.6. The summed E-state index contributed by atoms with van der Waals surface area (Å²) in [5, 5.41) is 10.6. The monoisotopic (exact) mass is 1470 g/mol. The van der Waals surface area contributed by atoms with Gasteiger partial charge in [-0.3, -0.25) is 37.3 Å². The number of esters is 4. The SMILES string of the molecule is CC/C=C\C/C=C\C/C=C\C/C=C\C/C=C\CCCCCC(=O)OCC(COP(=O)(O)OCC(O)COP(=O)(O)OCC(COC(=O)CCCCCCCC/C=C\C/C=C\C/C=C\C/C=C\CC)OC(=O)CCCCCCC/C=C\C/C=C\CCC)OC(=O)CCCCCCCCCCCCC. The summed E-state index contributed by atoms with van der Waals surface area (Å²) in [6.07, 6.45) is 82.9. The smallest absolute Gasteiger partial charge is 0.462 e. The maximum absolute atomic E-state index is 13.1. The molecule has 0 rings (SSSR count). The average Bonchev–Trinajstić information content (AvgIpc) is 0.928. The van der Waals surface area contributed by atoms with Gasteiger partial charge in [-0.15, -0.1) is 0 Å². The van der Waals surface area contributed by atoms with E-state index in [-0.39, 0.29) is 25.7 Å². The third kappa shape index (κ3) is 73.5. The molecule has 19 heteroatoms. The van der Waals surface area contributed by atoms with Crippen LogP contribution in [0.1, 0.15) is 310 Å². The molecule has 3 N–H and O–H groups in total. The Morgan fingerprint density at radius 3 is 0.833 bits per heavy atom. The highest BCUT2D eigenvalue weighted by Gasteiger charge is 2.30. The number of aliphatic hydroxyl groups excluding tert-OH is 1. The molecule has 0 aliphatic carbocycles. The van der Waals surface area contributed by atoms with Crippen LogP contribution in [0.15, 0.2) is 134 Å². The number of ether oxygens (including phenoxy) is 4. The third-order valence-electron chi connectivity index (χ3n) is 16.1. The van der Waals surface area contributed by atoms with Crippen molar-refractivity contribution < 1.29 is 80.2 Å². The fourth-order valence-corrected chi connectivity index (χ4v) is 11.7. The molecule has 0 fully saturated rings. The molecule has 0 aliphatic rings. The van der Waals surface area contributed by atoms with Crippen LogP contribution in [0.2, 0.25) is 0 Å². The number of unbranched alkanes of at least 4 members (excludes halogenated alkanes) is 25. The summed E-state index contributed by atoms with van der Waals surface area (Å²) in [7, 11) is -9.97. The summed E-state index contributed by atoms with van der Waals surface area (Å²) in [5.41, 5.74) is 0. The molecule has 0 saturated carbocycles. The molecular weight excluding hydrogens is 1330 g/mol. The van der Waals surface area contributed by atoms with Crippen LogP contribution in [0.3, 0.4) is 0 Å². The second kappa shape index (κ2) is 74.5. The Balaban J connectivity index is 5.34. The van der Waals surface area contributed by atoms with Crippen LogP contribution in [0.25, 0.3) is 0 Å². The second-order valence-electron chi connectivity index (χ2n) is 25.9. The number of phosphoric acid groups is 2. The van der Waals surface area contributed by atoms with Crippen LogP contribution >= 0.6 is 15.6 Å². The molecule has 0 aliphatic heterocycles. The van der Waals surface area contributed by atoms with Gasteiger partial charge in [0, 0.05) is 25.7 Å². The van der Waals surface area contributed by atoms with E-state index in [4.69, 9.17) is 37.0 Å². The predicted octanol–water partition coefficient (Wildman–Crippen LogP) is 22.9. The minimum absolute atomic E-state index is 0.0723. The van der Waals surface area contributed by atoms with E-state index in [1.54, 1.807) is 0 Å². The molecule has 0 saturated heterocycles. The molecule has 0 aromatic heterocycles. The number of hydrogen-bond donors (Lipinski definition) is 3. The van der Waals surface area contributed by atoms with Crippen LogP contribution in [0.4, 0.5) is 0 Å². The van der Waals surface area contributed by atoms with E-state index in [0.717, 1.165) is 193 Å². The summed E-state index contributed by atoms with van der Waals surface area (Å²) in [6.45, 7) is 4.51. The number of carbonyl (C=O) groups is 4. The lowest BCUT2D eigenvalue weighted by molar-refractivity contribution is -0.161. The van der Waals surface area contributed by atoms with Gasteiger partial charge in [0.05, 0.1) is 26.4 Å². The van der Waals surface area contributed by atoms with Crippen molar-refractivity contribution in [3.05, 3.63) is 134 Å². The Labute approximate surface area is 618 Å². The maximum Gasteiger partial charge on any atom is 0.472 e. The van der Waals surface area contributed by atoms with Gasteiger partial charge in [-0.05, 0) is 135 Å². The van der Waals surface area contributed by atoms with E-state index in [0.29, 0.717) is 25.7 Å². The standard InChI is InChI=1S/C83H140O17P2/c1-5-9-13-17-21-25-29-32-34-36-38-40-42-45-48-51-55-59-63-67-80(85)93-73-78(99-82(87)69-65-61-57-53-47-28-24-20-16-12-8-4)75-97-101(89,90)95-71-77(84)72-96-102(91,92)98-76-79(100-83(88)70-66-62-58-54-50-44-31-27-23-19-15-11-7-3)74-94-81(86)68-64-60-56-52-49-46-43-41-39-37-35-33-30-26-22-18-14-10-6-2/h9-10,13-15,19,21-22,25-27,31-35,38-41,45,48,77-79,84H,5-8,11-12,16-18,20,23-24,28-30,36-37,42-44,46-47,49-76H2,1-4H3,(H,89,90)(H,91,92)/b13-9-,14-10-,19-15-,25-21-,26-22-,31-27-,34-32-,35-33-,40-38-,41-39-,48-45-. The first-order valence-electron chi connectivity index (χ1n) is 39.4. The van der Waals surface area contributed by atoms with Crippen molar-refractivity contribution in [2.45, 2.75) is 329 Å². The molecule has 0 aromatic rings. The highest BCUT2D eigenvalue weighted by Crippen LogP contribution is 2.45. The summed E-state index contributed by atoms with van der Waals surface area (Å²) < 4.78 is 68.5. The van der Waals surface area contributed by atoms with Crippen LogP contribution in [0.5, 0.6) is 0 Å². The summed E-state index contributed by atoms with van der Waals surface area (Å²) in [6, 6.07) is 0. The number of carbonyl (C=O) groups excluding carboxylic acids is 4. The van der Waals surface area contributed by atoms with Gasteiger partial charge >= 0.3 is 39.5 Å². The fraction of sp³-hybridized carbons (Fsp3) is 0.687. The zero-order chi connectivity index (χ0) is 74.6. The quantitative estimate of drug-likeness (QED) is 0.0169.